The zero-order valence-corrected chi connectivity index (χ0v) is 13.5. The molecule has 1 unspecified atom stereocenters. The molecule has 0 aliphatic rings. The van der Waals surface area contributed by atoms with Crippen molar-refractivity contribution in [1.29, 1.82) is 0 Å². The van der Waals surface area contributed by atoms with Crippen molar-refractivity contribution in [3.05, 3.63) is 17.1 Å². The van der Waals surface area contributed by atoms with Gasteiger partial charge in [-0.15, -0.1) is 0 Å². The van der Waals surface area contributed by atoms with Crippen LogP contribution in [-0.2, 0) is 16.6 Å². The van der Waals surface area contributed by atoms with Gasteiger partial charge >= 0.3 is 0 Å². The Morgan fingerprint density at radius 3 is 2.45 bits per heavy atom. The third kappa shape index (κ3) is 4.07. The summed E-state index contributed by atoms with van der Waals surface area (Å²) < 4.78 is 32.8. The summed E-state index contributed by atoms with van der Waals surface area (Å²) in [5, 5.41) is 9.33. The third-order valence-corrected chi connectivity index (χ3v) is 5.13. The van der Waals surface area contributed by atoms with Crippen molar-refractivity contribution < 1.29 is 17.9 Å². The first-order chi connectivity index (χ1) is 9.33. The van der Waals surface area contributed by atoms with Gasteiger partial charge in [0.15, 0.2) is 0 Å². The van der Waals surface area contributed by atoms with Gasteiger partial charge < -0.3 is 9.52 Å². The number of rotatable bonds is 8. The van der Waals surface area contributed by atoms with Gasteiger partial charge in [0.25, 0.3) is 0 Å². The van der Waals surface area contributed by atoms with Gasteiger partial charge in [0.2, 0.25) is 10.0 Å². The number of aryl methyl sites for hydroxylation is 2. The summed E-state index contributed by atoms with van der Waals surface area (Å²) >= 11 is 0. The molecule has 1 aromatic rings. The first kappa shape index (κ1) is 17.2. The van der Waals surface area contributed by atoms with Crippen molar-refractivity contribution in [1.82, 2.24) is 4.72 Å². The van der Waals surface area contributed by atoms with Gasteiger partial charge in [0.1, 0.15) is 16.4 Å². The molecule has 0 aliphatic carbocycles. The molecule has 1 aromatic heterocycles. The maximum absolute atomic E-state index is 12.4. The highest BCUT2D eigenvalue weighted by molar-refractivity contribution is 7.89. The Morgan fingerprint density at radius 1 is 1.25 bits per heavy atom. The molecule has 0 saturated carbocycles. The topological polar surface area (TPSA) is 79.5 Å². The molecule has 20 heavy (non-hydrogen) atoms. The summed E-state index contributed by atoms with van der Waals surface area (Å²) in [6.45, 7) is 6.88. The Bertz CT molecular complexity index is 534. The highest BCUT2D eigenvalue weighted by Crippen LogP contribution is 2.26. The summed E-state index contributed by atoms with van der Waals surface area (Å²) in [5.74, 6) is 0.767. The fourth-order valence-electron chi connectivity index (χ4n) is 2.33. The average molecular weight is 303 g/mol. The largest absolute Gasteiger partial charge is 0.465 e. The molecule has 0 bridgehead atoms. The zero-order valence-electron chi connectivity index (χ0n) is 12.7. The molecule has 1 atom stereocenters. The number of unbranched alkanes of at least 4 members (excludes halogenated alkanes) is 2. The lowest BCUT2D eigenvalue weighted by Gasteiger charge is -2.14. The van der Waals surface area contributed by atoms with E-state index in [2.05, 4.69) is 11.6 Å². The fourth-order valence-corrected chi connectivity index (χ4v) is 4.05. The molecule has 0 aromatic carbocycles. The number of nitrogens with one attached hydrogen (secondary N) is 1. The van der Waals surface area contributed by atoms with E-state index in [1.165, 1.54) is 0 Å². The molecule has 116 valence electrons. The van der Waals surface area contributed by atoms with Gasteiger partial charge in [-0.1, -0.05) is 26.2 Å². The molecule has 0 fully saturated rings. The molecule has 1 rings (SSSR count). The highest BCUT2D eigenvalue weighted by atomic mass is 32.2. The lowest BCUT2D eigenvalue weighted by Crippen LogP contribution is -2.33. The Balaban J connectivity index is 2.89. The Morgan fingerprint density at radius 2 is 1.90 bits per heavy atom. The Hall–Kier alpha value is -0.850. The number of hydrogen-bond acceptors (Lipinski definition) is 4. The minimum absolute atomic E-state index is 0.0832. The van der Waals surface area contributed by atoms with Crippen LogP contribution in [-0.4, -0.2) is 19.6 Å². The first-order valence-corrected chi connectivity index (χ1v) is 8.53. The van der Waals surface area contributed by atoms with Gasteiger partial charge in [-0.2, -0.15) is 0 Å². The minimum Gasteiger partial charge on any atom is -0.465 e. The normalized spacial score (nSPS) is 13.7. The van der Waals surface area contributed by atoms with E-state index in [0.29, 0.717) is 17.1 Å². The summed E-state index contributed by atoms with van der Waals surface area (Å²) in [4.78, 5) is 0.0832. The van der Waals surface area contributed by atoms with E-state index in [1.807, 2.05) is 6.92 Å². The number of hydrogen-bond donors (Lipinski definition) is 2. The molecular formula is C14H25NO4S. The van der Waals surface area contributed by atoms with Gasteiger partial charge in [-0.25, -0.2) is 13.1 Å². The second-order valence-electron chi connectivity index (χ2n) is 5.20. The molecule has 0 radical (unpaired) electrons. The van der Waals surface area contributed by atoms with E-state index in [1.54, 1.807) is 13.8 Å². The van der Waals surface area contributed by atoms with E-state index in [-0.39, 0.29) is 17.5 Å². The van der Waals surface area contributed by atoms with Crippen molar-refractivity contribution >= 4 is 10.0 Å². The van der Waals surface area contributed by atoms with Crippen LogP contribution in [0.1, 0.15) is 56.6 Å². The summed E-state index contributed by atoms with van der Waals surface area (Å²) in [6, 6.07) is -0.132. The van der Waals surface area contributed by atoms with Crippen molar-refractivity contribution in [2.45, 2.75) is 70.9 Å². The summed E-state index contributed by atoms with van der Waals surface area (Å²) in [6.07, 6.45) is 4.00. The zero-order chi connectivity index (χ0) is 15.3. The number of aliphatic hydroxyl groups excluding tert-OH is 1. The van der Waals surface area contributed by atoms with Crippen LogP contribution in [0.3, 0.4) is 0 Å². The Kier molecular flexibility index (Phi) is 6.23. The van der Waals surface area contributed by atoms with Gasteiger partial charge in [0.05, 0.1) is 6.61 Å². The second kappa shape index (κ2) is 7.24. The predicted molar refractivity (Wildman–Crippen MR) is 78.0 cm³/mol. The van der Waals surface area contributed by atoms with Gasteiger partial charge in [0, 0.05) is 11.6 Å². The maximum atomic E-state index is 12.4. The first-order valence-electron chi connectivity index (χ1n) is 7.05. The van der Waals surface area contributed by atoms with Crippen molar-refractivity contribution in [3.8, 4) is 0 Å². The van der Waals surface area contributed by atoms with E-state index < -0.39 is 10.0 Å². The molecule has 0 amide bonds. The van der Waals surface area contributed by atoms with Crippen LogP contribution < -0.4 is 4.72 Å². The maximum Gasteiger partial charge on any atom is 0.244 e. The second-order valence-corrected chi connectivity index (χ2v) is 6.85. The Labute approximate surface area is 121 Å². The standard InChI is InChI=1S/C14H25NO4S/c1-5-6-7-8-10(2)15-20(17,18)14-12(4)19-11(3)13(14)9-16/h10,15-16H,5-9H2,1-4H3. The van der Waals surface area contributed by atoms with E-state index >= 15 is 0 Å². The third-order valence-electron chi connectivity index (χ3n) is 3.35. The van der Waals surface area contributed by atoms with Crippen LogP contribution in [0.2, 0.25) is 0 Å². The molecular weight excluding hydrogens is 278 g/mol. The van der Waals surface area contributed by atoms with E-state index in [0.717, 1.165) is 25.7 Å². The predicted octanol–water partition coefficient (Wildman–Crippen LogP) is 2.64. The van der Waals surface area contributed by atoms with Gasteiger partial charge in [-0.3, -0.25) is 0 Å². The summed E-state index contributed by atoms with van der Waals surface area (Å²) in [5.41, 5.74) is 0.343. The molecule has 0 aliphatic heterocycles. The smallest absolute Gasteiger partial charge is 0.244 e. The molecule has 1 heterocycles. The lowest BCUT2D eigenvalue weighted by molar-refractivity contribution is 0.276. The van der Waals surface area contributed by atoms with Crippen LogP contribution >= 0.6 is 0 Å². The number of aliphatic hydroxyl groups is 1. The van der Waals surface area contributed by atoms with Crippen LogP contribution in [0.5, 0.6) is 0 Å². The van der Waals surface area contributed by atoms with Crippen LogP contribution in [0.4, 0.5) is 0 Å². The van der Waals surface area contributed by atoms with Crippen molar-refractivity contribution in [2.75, 3.05) is 0 Å². The van der Waals surface area contributed by atoms with E-state index in [4.69, 9.17) is 4.42 Å². The lowest BCUT2D eigenvalue weighted by atomic mass is 10.1. The van der Waals surface area contributed by atoms with E-state index in [9.17, 15) is 13.5 Å². The van der Waals surface area contributed by atoms with Gasteiger partial charge in [-0.05, 0) is 27.2 Å². The molecule has 0 spiro atoms. The molecule has 0 saturated heterocycles. The summed E-state index contributed by atoms with van der Waals surface area (Å²) in [7, 11) is -3.65. The molecule has 2 N–H and O–H groups in total. The monoisotopic (exact) mass is 303 g/mol. The fraction of sp³-hybridized carbons (Fsp3) is 0.714. The number of sulfonamides is 1. The van der Waals surface area contributed by atoms with Crippen molar-refractivity contribution in [3.63, 3.8) is 0 Å². The number of furan rings is 1. The van der Waals surface area contributed by atoms with Crippen LogP contribution in [0.15, 0.2) is 9.31 Å². The SMILES string of the molecule is CCCCCC(C)NS(=O)(=O)c1c(C)oc(C)c1CO. The minimum atomic E-state index is -3.65. The van der Waals surface area contributed by atoms with Crippen LogP contribution in [0.25, 0.3) is 0 Å². The van der Waals surface area contributed by atoms with Crippen LogP contribution in [0, 0.1) is 13.8 Å². The quantitative estimate of drug-likeness (QED) is 0.724. The van der Waals surface area contributed by atoms with Crippen molar-refractivity contribution in [2.24, 2.45) is 0 Å². The average Bonchev–Trinajstić information content (AvgIpc) is 2.63. The molecule has 6 heteroatoms. The highest BCUT2D eigenvalue weighted by Gasteiger charge is 2.27. The molecule has 5 nitrogen and oxygen atoms in total.